The van der Waals surface area contributed by atoms with Gasteiger partial charge in [0, 0.05) is 12.4 Å². The summed E-state index contributed by atoms with van der Waals surface area (Å²) in [5.74, 6) is -7.50. The van der Waals surface area contributed by atoms with Gasteiger partial charge in [-0.3, -0.25) is 4.98 Å². The molecule has 0 unspecified atom stereocenters. The van der Waals surface area contributed by atoms with Gasteiger partial charge in [-0.2, -0.15) is 8.78 Å². The molecule has 0 saturated heterocycles. The monoisotopic (exact) mass is 503 g/mol. The number of aromatic nitrogens is 1. The van der Waals surface area contributed by atoms with Crippen LogP contribution < -0.4 is 4.74 Å². The number of rotatable bonds is 3. The minimum absolute atomic E-state index is 0.819. The largest absolute Gasteiger partial charge is 0.503 e. The SMILES string of the molecule is COc1ccc(/C=C/c2ccncc2)cc1.Oc1c(F)c(F)c(I)c(F)c1F. The zero-order valence-electron chi connectivity index (χ0n) is 14.5. The highest BCUT2D eigenvalue weighted by atomic mass is 127. The van der Waals surface area contributed by atoms with Crippen molar-refractivity contribution in [2.45, 2.75) is 0 Å². The molecule has 0 saturated carbocycles. The Hall–Kier alpha value is -2.62. The van der Waals surface area contributed by atoms with E-state index < -0.39 is 32.6 Å². The van der Waals surface area contributed by atoms with E-state index in [0.717, 1.165) is 39.5 Å². The lowest BCUT2D eigenvalue weighted by Crippen LogP contribution is -1.98. The summed E-state index contributed by atoms with van der Waals surface area (Å²) in [6, 6.07) is 11.9. The zero-order chi connectivity index (χ0) is 20.7. The second kappa shape index (κ2) is 10.1. The summed E-state index contributed by atoms with van der Waals surface area (Å²) in [7, 11) is 1.67. The van der Waals surface area contributed by atoms with Gasteiger partial charge < -0.3 is 9.84 Å². The molecule has 0 atom stereocenters. The number of phenolic OH excluding ortho intramolecular Hbond substituents is 1. The third-order valence-electron chi connectivity index (χ3n) is 3.48. The van der Waals surface area contributed by atoms with E-state index in [1.165, 1.54) is 0 Å². The van der Waals surface area contributed by atoms with Gasteiger partial charge in [-0.05, 0) is 58.0 Å². The third-order valence-corrected chi connectivity index (χ3v) is 4.42. The van der Waals surface area contributed by atoms with Crippen LogP contribution >= 0.6 is 22.6 Å². The summed E-state index contributed by atoms with van der Waals surface area (Å²) in [4.78, 5) is 3.97. The molecule has 28 heavy (non-hydrogen) atoms. The Morgan fingerprint density at radius 1 is 0.821 bits per heavy atom. The number of ether oxygens (including phenoxy) is 1. The number of halogens is 5. The summed E-state index contributed by atoms with van der Waals surface area (Å²) >= 11 is 1.10. The fourth-order valence-corrected chi connectivity index (χ4v) is 2.45. The van der Waals surface area contributed by atoms with Crippen LogP contribution in [0.4, 0.5) is 17.6 Å². The molecule has 0 aliphatic carbocycles. The fourth-order valence-electron chi connectivity index (χ4n) is 1.98. The lowest BCUT2D eigenvalue weighted by molar-refractivity contribution is 0.353. The quantitative estimate of drug-likeness (QED) is 0.212. The van der Waals surface area contributed by atoms with E-state index in [1.807, 2.05) is 36.4 Å². The van der Waals surface area contributed by atoms with Gasteiger partial charge in [0.15, 0.2) is 17.4 Å². The van der Waals surface area contributed by atoms with Gasteiger partial charge >= 0.3 is 0 Å². The van der Waals surface area contributed by atoms with Crippen LogP contribution in [0.5, 0.6) is 11.5 Å². The minimum atomic E-state index is -1.78. The Labute approximate surface area is 172 Å². The number of hydrogen-bond acceptors (Lipinski definition) is 3. The first kappa shape index (κ1) is 21.7. The minimum Gasteiger partial charge on any atom is -0.503 e. The Bertz CT molecular complexity index is 859. The number of benzene rings is 2. The first-order valence-corrected chi connectivity index (χ1v) is 8.85. The molecule has 3 rings (SSSR count). The van der Waals surface area contributed by atoms with E-state index in [4.69, 9.17) is 9.84 Å². The predicted molar refractivity (Wildman–Crippen MR) is 107 cm³/mol. The van der Waals surface area contributed by atoms with Crippen molar-refractivity contribution in [3.63, 3.8) is 0 Å². The van der Waals surface area contributed by atoms with Crippen LogP contribution in [0.1, 0.15) is 11.1 Å². The van der Waals surface area contributed by atoms with Crippen LogP contribution in [0.3, 0.4) is 0 Å². The maximum absolute atomic E-state index is 12.5. The maximum atomic E-state index is 12.5. The van der Waals surface area contributed by atoms with Gasteiger partial charge in [0.05, 0.1) is 10.7 Å². The van der Waals surface area contributed by atoms with Crippen LogP contribution in [-0.4, -0.2) is 17.2 Å². The molecule has 0 fully saturated rings. The van der Waals surface area contributed by atoms with Crippen LogP contribution in [0.15, 0.2) is 48.8 Å². The molecule has 0 radical (unpaired) electrons. The van der Waals surface area contributed by atoms with Crippen molar-refractivity contribution in [1.82, 2.24) is 4.98 Å². The molecule has 0 spiro atoms. The van der Waals surface area contributed by atoms with E-state index in [1.54, 1.807) is 19.5 Å². The van der Waals surface area contributed by atoms with Crippen LogP contribution in [0.2, 0.25) is 0 Å². The van der Waals surface area contributed by atoms with E-state index >= 15 is 0 Å². The molecule has 1 aromatic heterocycles. The number of hydrogen-bond donors (Lipinski definition) is 1. The molecular weight excluding hydrogens is 489 g/mol. The standard InChI is InChI=1S/C14H13NO.C6HF4IO/c1-16-14-6-4-12(5-7-14)2-3-13-8-10-15-11-9-13;7-1-3(9)6(12)4(10)2(8)5(1)11/h2-11H,1H3;12H/b3-2+;. The van der Waals surface area contributed by atoms with Crippen LogP contribution in [0, 0.1) is 26.8 Å². The van der Waals surface area contributed by atoms with Crippen molar-refractivity contribution in [3.8, 4) is 11.5 Å². The van der Waals surface area contributed by atoms with Crippen LogP contribution in [-0.2, 0) is 0 Å². The second-order valence-electron chi connectivity index (χ2n) is 5.31. The summed E-state index contributed by atoms with van der Waals surface area (Å²) in [5.41, 5.74) is 2.29. The molecule has 0 amide bonds. The van der Waals surface area contributed by atoms with Crippen molar-refractivity contribution in [1.29, 1.82) is 0 Å². The smallest absolute Gasteiger partial charge is 0.204 e. The molecule has 146 valence electrons. The number of pyridine rings is 1. The molecule has 0 bridgehead atoms. The molecule has 3 nitrogen and oxygen atoms in total. The Morgan fingerprint density at radius 3 is 1.75 bits per heavy atom. The van der Waals surface area contributed by atoms with Gasteiger partial charge in [-0.15, -0.1) is 0 Å². The molecule has 2 aromatic carbocycles. The van der Waals surface area contributed by atoms with Crippen LogP contribution in [0.25, 0.3) is 12.2 Å². The zero-order valence-corrected chi connectivity index (χ0v) is 16.6. The Balaban J connectivity index is 0.000000209. The first-order chi connectivity index (χ1) is 13.3. The number of methoxy groups -OCH3 is 1. The molecule has 3 aromatic rings. The fraction of sp³-hybridized carbons (Fsp3) is 0.0500. The predicted octanol–water partition coefficient (Wildman–Crippen LogP) is 5.81. The molecule has 1 heterocycles. The summed E-state index contributed by atoms with van der Waals surface area (Å²) in [6.07, 6.45) is 7.69. The highest BCUT2D eigenvalue weighted by molar-refractivity contribution is 14.1. The Kier molecular flexibility index (Phi) is 7.80. The second-order valence-corrected chi connectivity index (χ2v) is 6.38. The van der Waals surface area contributed by atoms with Gasteiger partial charge in [-0.25, -0.2) is 8.78 Å². The van der Waals surface area contributed by atoms with Gasteiger partial charge in [0.2, 0.25) is 11.6 Å². The lowest BCUT2D eigenvalue weighted by atomic mass is 10.1. The normalized spacial score (nSPS) is 10.5. The maximum Gasteiger partial charge on any atom is 0.204 e. The van der Waals surface area contributed by atoms with Crippen molar-refractivity contribution in [2.75, 3.05) is 7.11 Å². The van der Waals surface area contributed by atoms with Crippen molar-refractivity contribution < 1.29 is 27.4 Å². The highest BCUT2D eigenvalue weighted by Gasteiger charge is 2.23. The lowest BCUT2D eigenvalue weighted by Gasteiger charge is -2.02. The van der Waals surface area contributed by atoms with Gasteiger partial charge in [-0.1, -0.05) is 24.3 Å². The third kappa shape index (κ3) is 5.44. The van der Waals surface area contributed by atoms with Crippen molar-refractivity contribution in [3.05, 3.63) is 86.8 Å². The topological polar surface area (TPSA) is 42.4 Å². The van der Waals surface area contributed by atoms with E-state index in [0.29, 0.717) is 0 Å². The summed E-state index contributed by atoms with van der Waals surface area (Å²) < 4.78 is 54.0. The molecular formula is C20H14F4INO2. The molecule has 8 heteroatoms. The molecule has 0 aliphatic heterocycles. The van der Waals surface area contributed by atoms with Gasteiger partial charge in [0.1, 0.15) is 5.75 Å². The number of aromatic hydroxyl groups is 1. The highest BCUT2D eigenvalue weighted by Crippen LogP contribution is 2.29. The number of phenols is 1. The van der Waals surface area contributed by atoms with E-state index in [2.05, 4.69) is 17.1 Å². The average Bonchev–Trinajstić information content (AvgIpc) is 2.75. The summed E-state index contributed by atoms with van der Waals surface area (Å²) in [5, 5.41) is 8.46. The average molecular weight is 503 g/mol. The Morgan fingerprint density at radius 2 is 1.29 bits per heavy atom. The van der Waals surface area contributed by atoms with Gasteiger partial charge in [0.25, 0.3) is 0 Å². The number of nitrogens with zero attached hydrogens (tertiary/aromatic N) is 1. The molecule has 0 aliphatic rings. The van der Waals surface area contributed by atoms with Crippen molar-refractivity contribution in [2.24, 2.45) is 0 Å². The van der Waals surface area contributed by atoms with E-state index in [-0.39, 0.29) is 0 Å². The first-order valence-electron chi connectivity index (χ1n) is 7.77. The molecule has 1 N–H and O–H groups in total. The summed E-state index contributed by atoms with van der Waals surface area (Å²) in [6.45, 7) is 0. The van der Waals surface area contributed by atoms with Crippen molar-refractivity contribution >= 4 is 34.7 Å². The van der Waals surface area contributed by atoms with E-state index in [9.17, 15) is 17.6 Å².